The van der Waals surface area contributed by atoms with E-state index in [1.807, 2.05) is 0 Å². The van der Waals surface area contributed by atoms with Gasteiger partial charge in [0, 0.05) is 32.3 Å². The molecule has 2 heterocycles. The van der Waals surface area contributed by atoms with E-state index in [4.69, 9.17) is 55.4 Å². The first-order chi connectivity index (χ1) is 72.8. The van der Waals surface area contributed by atoms with Crippen LogP contribution in [-0.2, 0) is 0 Å². The molecule has 2 aromatic heterocycles. The topological polar surface area (TPSA) is 26.3 Å². The zero-order chi connectivity index (χ0) is 115. The van der Waals surface area contributed by atoms with Gasteiger partial charge in [-0.1, -0.05) is 290 Å². The zero-order valence-corrected chi connectivity index (χ0v) is 48.8. The lowest BCUT2D eigenvalue weighted by Crippen LogP contribution is -1.91. The van der Waals surface area contributed by atoms with Gasteiger partial charge in [-0.15, -0.1) is 0 Å². The minimum absolute atomic E-state index is 0.421. The maximum absolute atomic E-state index is 9.92. The van der Waals surface area contributed by atoms with Gasteiger partial charge in [0.1, 0.15) is 22.3 Å². The smallest absolute Gasteiger partial charge is 0.143 e. The zero-order valence-electron chi connectivity index (χ0n) is 107. The lowest BCUT2D eigenvalue weighted by Gasteiger charge is -2.18. The molecule has 2 nitrogen and oxygen atoms in total. The number of benzene rings is 19. The van der Waals surface area contributed by atoms with Crippen LogP contribution in [0.2, 0.25) is 0 Å². The molecular weight excluding hydrogens is 1190 g/mol. The highest BCUT2D eigenvalue weighted by atomic mass is 16.3. The van der Waals surface area contributed by atoms with Gasteiger partial charge in [0.2, 0.25) is 0 Å². The van der Waals surface area contributed by atoms with E-state index >= 15 is 0 Å². The van der Waals surface area contributed by atoms with Crippen molar-refractivity contribution in [2.24, 2.45) is 0 Å². The summed E-state index contributed by atoms with van der Waals surface area (Å²) in [5, 5.41) is -13.5. The first-order valence-electron chi connectivity index (χ1n) is 58.1. The molecule has 0 spiro atoms. The number of fused-ring (bicyclic) bond motifs is 18. The van der Waals surface area contributed by atoms with E-state index in [1.165, 1.54) is 0 Å². The summed E-state index contributed by atoms with van der Waals surface area (Å²) in [5.74, 6) is 0. The first kappa shape index (κ1) is 22.9. The van der Waals surface area contributed by atoms with Crippen molar-refractivity contribution >= 4 is 141 Å². The standard InChI is InChI=1S/C50H30O.C46H28O/c1-3-14-38-31(10-1)20-21-35-28-34(23-25-39(35)38)33-12-9-13-36(29-33)48-41-16-5-7-18-43(41)49(44-19-8-6-17-42(44)48)37-24-27-47-46(30-37)45-26-22-32-11-2-4-15-40(32)50(45)51-47;1-2-12-31-26-33(21-20-29(31)10-1)32-13-9-14-34(27-32)44-37-16-5-7-18-39(37)45(40-19-8-6-17-38(40)44)35-23-25-43-42(28-35)41-24-22-30-11-3-4-15-36(30)46(41)47-43/h1-30H;1-28H/i1D,2D,3D,4D,5D,6D,7D,8D,9D,10D,11D,12D,13D,14D,15D,16D,17D,18D,19D,20D,21D,22D,23D,24D,25D,26D,27D,28D,29D,30D;1D,2D,3D,4D,5D,6D,7D,8D,9D,10D,11D,12D,13D,14D,15D,16D,17D,18D,19D,20D,21D,22D,23D,24D,25D,26D,27D,28D. The molecule has 454 valence electrons. The Morgan fingerprint density at radius 3 is 0.878 bits per heavy atom. The van der Waals surface area contributed by atoms with Crippen LogP contribution in [0.5, 0.6) is 0 Å². The fourth-order valence-electron chi connectivity index (χ4n) is 11.9. The van der Waals surface area contributed by atoms with Crippen LogP contribution in [0.1, 0.15) is 79.5 Å². The molecule has 0 bridgehead atoms. The van der Waals surface area contributed by atoms with Crippen LogP contribution in [0.25, 0.3) is 208 Å². The molecule has 0 saturated heterocycles. The Hall–Kier alpha value is -12.9. The van der Waals surface area contributed by atoms with Gasteiger partial charge in [0.15, 0.2) is 0 Å². The fraction of sp³-hybridized carbons (Fsp3) is 0. The predicted octanol–water partition coefficient (Wildman–Crippen LogP) is 27.6. The van der Waals surface area contributed by atoms with Crippen molar-refractivity contribution in [2.45, 2.75) is 0 Å². The molecule has 21 aromatic rings. The average molecular weight is 1300 g/mol. The van der Waals surface area contributed by atoms with Gasteiger partial charge in [0.05, 0.1) is 79.5 Å². The third kappa shape index (κ3) is 8.96. The van der Waals surface area contributed by atoms with Crippen LogP contribution < -0.4 is 0 Å². The molecule has 0 aliphatic rings. The summed E-state index contributed by atoms with van der Waals surface area (Å²) >= 11 is 0. The van der Waals surface area contributed by atoms with E-state index in [1.54, 1.807) is 0 Å². The van der Waals surface area contributed by atoms with E-state index in [0.29, 0.717) is 0 Å². The van der Waals surface area contributed by atoms with Gasteiger partial charge in [-0.3, -0.25) is 0 Å². The number of furan rings is 2. The number of hydrogen-bond acceptors (Lipinski definition) is 2. The SMILES string of the molecule is [2H]c1c([2H])c(-c2c([2H])c([2H])c3c([2H])c([2H])c([2H])c([2H])c3c2[2H])c([2H])c(-c2c3c([2H])c([2H])c([2H])c([2H])c3c(-c3c([2H])c([2H])c4oc5c6c([2H])c([2H])c([2H])c([2H])c6c([2H])c([2H])c5c4c3[2H])c3c([2H])c([2H])c([2H])c([2H])c23)c1[2H].[2H]c1c([2H])c(-c2c([2H])c([2H])c3c(c2[2H])c([2H])c([2H])c2c([2H])c([2H])c([2H])c([2H])c23)c([2H])c(-c2c3c([2H])c([2H])c([2H])c([2H])c3c(-c3c([2H])c([2H])c4oc5c6c([2H])c([2H])c([2H])c([2H])c6c([2H])c([2H])c5c4c3[2H])c3c([2H])c([2H])c([2H])c([2H])c23)c1[2H]. The van der Waals surface area contributed by atoms with Crippen molar-refractivity contribution in [2.75, 3.05) is 0 Å². The van der Waals surface area contributed by atoms with Gasteiger partial charge in [-0.05, 0) is 213 Å². The molecule has 0 N–H and O–H groups in total. The van der Waals surface area contributed by atoms with Crippen LogP contribution in [-0.4, -0.2) is 0 Å². The lowest BCUT2D eigenvalue weighted by atomic mass is 9.85. The molecule has 21 rings (SSSR count). The van der Waals surface area contributed by atoms with Gasteiger partial charge in [-0.2, -0.15) is 0 Å². The van der Waals surface area contributed by atoms with Crippen molar-refractivity contribution in [3.8, 4) is 66.8 Å². The quantitative estimate of drug-likeness (QED) is 0.123. The van der Waals surface area contributed by atoms with Crippen LogP contribution in [0.15, 0.2) is 359 Å². The van der Waals surface area contributed by atoms with E-state index in [2.05, 4.69) is 0 Å². The largest absolute Gasteiger partial charge is 0.455 e. The third-order valence-corrected chi connectivity index (χ3v) is 16.2. The lowest BCUT2D eigenvalue weighted by molar-refractivity contribution is 0.672. The average Bonchev–Trinajstić information content (AvgIpc) is 1.10. The summed E-state index contributed by atoms with van der Waals surface area (Å²) in [7, 11) is 0. The molecule has 0 aliphatic heterocycles. The molecule has 98 heavy (non-hydrogen) atoms. The van der Waals surface area contributed by atoms with Crippen LogP contribution in [0.4, 0.5) is 0 Å². The molecule has 0 amide bonds. The van der Waals surface area contributed by atoms with Gasteiger partial charge in [-0.25, -0.2) is 0 Å². The Kier molecular flexibility index (Phi) is 5.24. The second kappa shape index (κ2) is 22.4. The summed E-state index contributed by atoms with van der Waals surface area (Å²) in [5.41, 5.74) is -12.2. The van der Waals surface area contributed by atoms with Gasteiger partial charge < -0.3 is 8.83 Å². The second-order valence-corrected chi connectivity index (χ2v) is 21.5. The van der Waals surface area contributed by atoms with Crippen LogP contribution >= 0.6 is 0 Å². The Morgan fingerprint density at radius 1 is 0.153 bits per heavy atom. The van der Waals surface area contributed by atoms with Crippen molar-refractivity contribution in [1.29, 1.82) is 0 Å². The highest BCUT2D eigenvalue weighted by Crippen LogP contribution is 2.49. The van der Waals surface area contributed by atoms with E-state index in [-0.39, 0.29) is 0 Å². The van der Waals surface area contributed by atoms with Gasteiger partial charge in [0.25, 0.3) is 0 Å². The molecular formula is C96H58O2. The van der Waals surface area contributed by atoms with Gasteiger partial charge >= 0.3 is 0 Å². The molecule has 0 aliphatic carbocycles. The minimum Gasteiger partial charge on any atom is -0.455 e. The molecule has 19 aromatic carbocycles. The Balaban J connectivity index is 0.000000188. The van der Waals surface area contributed by atoms with E-state index in [9.17, 15) is 32.9 Å². The van der Waals surface area contributed by atoms with Crippen molar-refractivity contribution in [3.63, 3.8) is 0 Å². The Bertz CT molecular complexity index is 10400. The Labute approximate surface area is 646 Å². The monoisotopic (exact) mass is 1300 g/mol. The summed E-state index contributed by atoms with van der Waals surface area (Å²) in [6, 6.07) is -53.6. The van der Waals surface area contributed by atoms with Crippen LogP contribution in [0, 0.1) is 0 Å². The highest BCUT2D eigenvalue weighted by molar-refractivity contribution is 6.25. The first-order valence-corrected chi connectivity index (χ1v) is 29.1. The fourth-order valence-corrected chi connectivity index (χ4v) is 11.9. The third-order valence-electron chi connectivity index (χ3n) is 16.2. The number of hydrogen-bond donors (Lipinski definition) is 0. The molecule has 0 atom stereocenters. The summed E-state index contributed by atoms with van der Waals surface area (Å²) in [4.78, 5) is 0. The summed E-state index contributed by atoms with van der Waals surface area (Å²) in [6.45, 7) is 0. The maximum atomic E-state index is 9.92. The Morgan fingerprint density at radius 2 is 0.429 bits per heavy atom. The molecule has 0 fully saturated rings. The highest BCUT2D eigenvalue weighted by Gasteiger charge is 2.22. The van der Waals surface area contributed by atoms with E-state index in [0.717, 1.165) is 0 Å². The summed E-state index contributed by atoms with van der Waals surface area (Å²) in [6.07, 6.45) is 0. The molecule has 0 radical (unpaired) electrons. The molecule has 0 saturated carbocycles. The predicted molar refractivity (Wildman–Crippen MR) is 418 cm³/mol. The molecule has 0 unspecified atom stereocenters. The maximum Gasteiger partial charge on any atom is 0.143 e. The summed E-state index contributed by atoms with van der Waals surface area (Å²) < 4.78 is 536. The second-order valence-electron chi connectivity index (χ2n) is 21.5. The van der Waals surface area contributed by atoms with Crippen LogP contribution in [0.3, 0.4) is 0 Å². The molecule has 2 heteroatoms. The van der Waals surface area contributed by atoms with Crippen molar-refractivity contribution in [1.82, 2.24) is 0 Å². The van der Waals surface area contributed by atoms with Crippen molar-refractivity contribution in [3.05, 3.63) is 350 Å². The number of rotatable bonds is 6. The van der Waals surface area contributed by atoms with Crippen molar-refractivity contribution < 1.29 is 88.3 Å². The normalized spacial score (nSPS) is 20.2. The minimum atomic E-state index is -1.13. The van der Waals surface area contributed by atoms with E-state index < -0.39 is 558 Å².